The molecule has 2 aromatic heterocycles. The third-order valence-electron chi connectivity index (χ3n) is 5.51. The Bertz CT molecular complexity index is 1080. The van der Waals surface area contributed by atoms with Crippen LogP contribution in [-0.2, 0) is 34.0 Å². The van der Waals surface area contributed by atoms with Crippen molar-refractivity contribution in [3.05, 3.63) is 47.5 Å². The van der Waals surface area contributed by atoms with E-state index < -0.39 is 24.3 Å². The number of thioether (sulfide) groups is 1. The van der Waals surface area contributed by atoms with Crippen LogP contribution in [0.25, 0.3) is 0 Å². The van der Waals surface area contributed by atoms with Crippen molar-refractivity contribution in [2.24, 2.45) is 0 Å². The average Bonchev–Trinajstić information content (AvgIpc) is 3.44. The smallest absolute Gasteiger partial charge is 0.475 e. The Balaban J connectivity index is 0.000000317. The van der Waals surface area contributed by atoms with Gasteiger partial charge in [0.25, 0.3) is 0 Å². The van der Waals surface area contributed by atoms with Gasteiger partial charge in [-0.1, -0.05) is 6.07 Å². The molecule has 0 radical (unpaired) electrons. The summed E-state index contributed by atoms with van der Waals surface area (Å²) in [5.74, 6) is -4.41. The topological polar surface area (TPSA) is 118 Å². The number of ether oxygens (including phenoxy) is 1. The molecule has 0 amide bonds. The normalized spacial score (nSPS) is 18.4. The predicted octanol–water partition coefficient (Wildman–Crippen LogP) is 4.15. The van der Waals surface area contributed by atoms with E-state index in [1.807, 2.05) is 29.9 Å². The molecule has 2 saturated heterocycles. The number of carboxylic acids is 2. The third-order valence-corrected chi connectivity index (χ3v) is 7.09. The van der Waals surface area contributed by atoms with Gasteiger partial charge in [0, 0.05) is 54.1 Å². The van der Waals surface area contributed by atoms with Gasteiger partial charge in [-0.05, 0) is 32.4 Å². The van der Waals surface area contributed by atoms with Crippen molar-refractivity contribution in [1.29, 1.82) is 0 Å². The highest BCUT2D eigenvalue weighted by Crippen LogP contribution is 2.46. The molecular formula is C23H28F6N4O5S. The first-order valence-electron chi connectivity index (χ1n) is 11.5. The highest BCUT2D eigenvalue weighted by Gasteiger charge is 2.49. The molecule has 39 heavy (non-hydrogen) atoms. The monoisotopic (exact) mass is 586 g/mol. The van der Waals surface area contributed by atoms with Gasteiger partial charge in [-0.2, -0.15) is 31.4 Å². The molecule has 0 bridgehead atoms. The number of likely N-dealkylation sites (tertiary alicyclic amines) is 1. The van der Waals surface area contributed by atoms with E-state index in [4.69, 9.17) is 24.5 Å². The molecule has 1 unspecified atom stereocenters. The van der Waals surface area contributed by atoms with Crippen molar-refractivity contribution < 1.29 is 50.9 Å². The zero-order valence-electron chi connectivity index (χ0n) is 21.0. The van der Waals surface area contributed by atoms with E-state index in [2.05, 4.69) is 45.9 Å². The van der Waals surface area contributed by atoms with Gasteiger partial charge in [0.2, 0.25) is 0 Å². The Kier molecular flexibility index (Phi) is 11.2. The lowest BCUT2D eigenvalue weighted by molar-refractivity contribution is -0.193. The number of pyridine rings is 1. The van der Waals surface area contributed by atoms with E-state index in [0.717, 1.165) is 49.7 Å². The lowest BCUT2D eigenvalue weighted by Crippen LogP contribution is -2.58. The van der Waals surface area contributed by atoms with Gasteiger partial charge in [-0.3, -0.25) is 14.6 Å². The maximum atomic E-state index is 10.6. The van der Waals surface area contributed by atoms with E-state index in [9.17, 15) is 26.3 Å². The number of carbonyl (C=O) groups is 2. The van der Waals surface area contributed by atoms with Crippen LogP contribution in [0.15, 0.2) is 30.6 Å². The van der Waals surface area contributed by atoms with Crippen LogP contribution in [0.1, 0.15) is 30.3 Å². The Labute approximate surface area is 224 Å². The molecular weight excluding hydrogens is 558 g/mol. The molecule has 2 aromatic rings. The van der Waals surface area contributed by atoms with Crippen LogP contribution in [0.3, 0.4) is 0 Å². The first-order valence-corrected chi connectivity index (χ1v) is 12.5. The second kappa shape index (κ2) is 13.5. The molecule has 2 aliphatic rings. The minimum absolute atomic E-state index is 0.359. The summed E-state index contributed by atoms with van der Waals surface area (Å²) in [4.78, 5) is 24.8. The second-order valence-corrected chi connectivity index (χ2v) is 10.3. The minimum Gasteiger partial charge on any atom is -0.475 e. The zero-order chi connectivity index (χ0) is 29.4. The van der Waals surface area contributed by atoms with E-state index in [1.165, 1.54) is 5.56 Å². The molecule has 218 valence electrons. The van der Waals surface area contributed by atoms with Crippen molar-refractivity contribution in [2.45, 2.75) is 63.2 Å². The van der Waals surface area contributed by atoms with Crippen molar-refractivity contribution in [3.63, 3.8) is 0 Å². The lowest BCUT2D eigenvalue weighted by Gasteiger charge is -2.47. The molecule has 16 heteroatoms. The first kappa shape index (κ1) is 32.4. The number of alkyl halides is 6. The van der Waals surface area contributed by atoms with E-state index >= 15 is 0 Å². The third kappa shape index (κ3) is 10.7. The van der Waals surface area contributed by atoms with E-state index in [0.29, 0.717) is 17.5 Å². The molecule has 2 fully saturated rings. The van der Waals surface area contributed by atoms with Crippen molar-refractivity contribution in [1.82, 2.24) is 19.7 Å². The number of aliphatic carboxylic acids is 2. The number of halogens is 6. The fraction of sp³-hybridized carbons (Fsp3) is 0.565. The Morgan fingerprint density at radius 2 is 1.72 bits per heavy atom. The summed E-state index contributed by atoms with van der Waals surface area (Å²) in [7, 11) is 0. The summed E-state index contributed by atoms with van der Waals surface area (Å²) >= 11 is 2.09. The number of carboxylic acid groups (broad SMARTS) is 2. The molecule has 1 spiro atoms. The van der Waals surface area contributed by atoms with Crippen LogP contribution >= 0.6 is 11.8 Å². The molecule has 1 atom stereocenters. The maximum Gasteiger partial charge on any atom is 0.490 e. The SMILES string of the molecule is CCn1cc(CN2CC3(CC(OCc4cccc(C)n4)CS3)C2)cn1.O=C(O)C(F)(F)F.O=C(O)C(F)(F)F. The average molecular weight is 587 g/mol. The number of hydrogen-bond donors (Lipinski definition) is 2. The summed E-state index contributed by atoms with van der Waals surface area (Å²) in [6.07, 6.45) is -4.49. The summed E-state index contributed by atoms with van der Waals surface area (Å²) in [6, 6.07) is 6.12. The van der Waals surface area contributed by atoms with Gasteiger partial charge in [0.15, 0.2) is 0 Å². The van der Waals surface area contributed by atoms with Crippen LogP contribution in [0.2, 0.25) is 0 Å². The summed E-state index contributed by atoms with van der Waals surface area (Å²) in [5, 5.41) is 18.6. The molecule has 0 aromatic carbocycles. The standard InChI is InChI=1S/C19H26N4OS.2C2HF3O2/c1-3-23-10-16(8-20-23)9-22-13-19(14-22)7-18(12-25-19)24-11-17-6-4-5-15(2)21-17;2*3-2(4,5)1(6)7/h4-6,8,10,18H,3,7,9,11-14H2,1-2H3;2*(H,6,7). The number of rotatable bonds is 6. The van der Waals surface area contributed by atoms with E-state index in [1.54, 1.807) is 0 Å². The van der Waals surface area contributed by atoms with Gasteiger partial charge in [0.1, 0.15) is 0 Å². The molecule has 2 N–H and O–H groups in total. The highest BCUT2D eigenvalue weighted by atomic mass is 32.2. The summed E-state index contributed by atoms with van der Waals surface area (Å²) < 4.78 is 72.0. The number of aryl methyl sites for hydroxylation is 2. The predicted molar refractivity (Wildman–Crippen MR) is 128 cm³/mol. The van der Waals surface area contributed by atoms with Gasteiger partial charge in [-0.25, -0.2) is 9.59 Å². The van der Waals surface area contributed by atoms with Crippen LogP contribution in [0.4, 0.5) is 26.3 Å². The fourth-order valence-electron chi connectivity index (χ4n) is 3.81. The summed E-state index contributed by atoms with van der Waals surface area (Å²) in [5.41, 5.74) is 3.41. The van der Waals surface area contributed by atoms with E-state index in [-0.39, 0.29) is 0 Å². The molecule has 4 heterocycles. The molecule has 0 aliphatic carbocycles. The lowest BCUT2D eigenvalue weighted by atomic mass is 9.92. The van der Waals surface area contributed by atoms with Crippen LogP contribution in [0.5, 0.6) is 0 Å². The van der Waals surface area contributed by atoms with Crippen LogP contribution in [0, 0.1) is 6.92 Å². The Morgan fingerprint density at radius 1 is 1.13 bits per heavy atom. The molecule has 4 rings (SSSR count). The Hall–Kier alpha value is -2.85. The quantitative estimate of drug-likeness (QED) is 0.482. The highest BCUT2D eigenvalue weighted by molar-refractivity contribution is 8.01. The first-order chi connectivity index (χ1) is 18.0. The molecule has 9 nitrogen and oxygen atoms in total. The van der Waals surface area contributed by atoms with Gasteiger partial charge in [-0.15, -0.1) is 11.8 Å². The van der Waals surface area contributed by atoms with Crippen LogP contribution < -0.4 is 0 Å². The number of nitrogens with zero attached hydrogens (tertiary/aromatic N) is 4. The summed E-state index contributed by atoms with van der Waals surface area (Å²) in [6.45, 7) is 9.06. The van der Waals surface area contributed by atoms with Crippen molar-refractivity contribution in [2.75, 3.05) is 18.8 Å². The van der Waals surface area contributed by atoms with Crippen LogP contribution in [-0.4, -0.2) is 83.9 Å². The zero-order valence-corrected chi connectivity index (χ0v) is 21.8. The fourth-order valence-corrected chi connectivity index (χ4v) is 5.42. The van der Waals surface area contributed by atoms with Gasteiger partial charge in [0.05, 0.1) is 24.6 Å². The molecule has 2 aliphatic heterocycles. The maximum absolute atomic E-state index is 10.6. The van der Waals surface area contributed by atoms with Crippen molar-refractivity contribution >= 4 is 23.7 Å². The second-order valence-electron chi connectivity index (χ2n) is 8.86. The van der Waals surface area contributed by atoms with Gasteiger partial charge < -0.3 is 14.9 Å². The number of hydrogen-bond acceptors (Lipinski definition) is 7. The number of aromatic nitrogens is 3. The minimum atomic E-state index is -5.08. The largest absolute Gasteiger partial charge is 0.490 e. The van der Waals surface area contributed by atoms with Crippen molar-refractivity contribution in [3.8, 4) is 0 Å². The van der Waals surface area contributed by atoms with Gasteiger partial charge >= 0.3 is 24.3 Å². The molecule has 0 saturated carbocycles. The Morgan fingerprint density at radius 3 is 2.21 bits per heavy atom.